The number of ether oxygens (including phenoxy) is 2. The SMILES string of the molecule is C=CCNC(=O)[C@@H]1Cc2ccc(OC)cc2N2CCN(CC(=O)N3CCOCC3)C[C@@H]12. The van der Waals surface area contributed by atoms with Crippen molar-refractivity contribution in [2.75, 3.05) is 71.0 Å². The summed E-state index contributed by atoms with van der Waals surface area (Å²) in [5.74, 6) is 0.819. The molecule has 0 aromatic heterocycles. The van der Waals surface area contributed by atoms with Crippen LogP contribution >= 0.6 is 0 Å². The number of fused-ring (bicyclic) bond motifs is 3. The summed E-state index contributed by atoms with van der Waals surface area (Å²) in [7, 11) is 1.67. The molecule has 0 spiro atoms. The van der Waals surface area contributed by atoms with E-state index in [4.69, 9.17) is 9.47 Å². The smallest absolute Gasteiger partial charge is 0.236 e. The molecule has 0 radical (unpaired) electrons. The van der Waals surface area contributed by atoms with Crippen molar-refractivity contribution in [2.24, 2.45) is 5.92 Å². The van der Waals surface area contributed by atoms with Crippen LogP contribution in [0.25, 0.3) is 0 Å². The first-order chi connectivity index (χ1) is 15.1. The lowest BCUT2D eigenvalue weighted by molar-refractivity contribution is -0.136. The zero-order valence-electron chi connectivity index (χ0n) is 18.2. The van der Waals surface area contributed by atoms with E-state index in [1.807, 2.05) is 11.0 Å². The largest absolute Gasteiger partial charge is 0.497 e. The summed E-state index contributed by atoms with van der Waals surface area (Å²) in [5.41, 5.74) is 2.30. The predicted octanol–water partition coefficient (Wildman–Crippen LogP) is 0.519. The minimum absolute atomic E-state index is 0.00987. The number of morpholine rings is 1. The van der Waals surface area contributed by atoms with Crippen LogP contribution in [0.4, 0.5) is 5.69 Å². The van der Waals surface area contributed by atoms with Crippen molar-refractivity contribution in [1.82, 2.24) is 15.1 Å². The van der Waals surface area contributed by atoms with Crippen LogP contribution in [0.2, 0.25) is 0 Å². The van der Waals surface area contributed by atoms with Crippen LogP contribution < -0.4 is 15.0 Å². The molecule has 2 saturated heterocycles. The monoisotopic (exact) mass is 428 g/mol. The number of nitrogens with one attached hydrogen (secondary N) is 1. The highest BCUT2D eigenvalue weighted by Crippen LogP contribution is 2.38. The molecule has 31 heavy (non-hydrogen) atoms. The van der Waals surface area contributed by atoms with Gasteiger partial charge >= 0.3 is 0 Å². The van der Waals surface area contributed by atoms with Gasteiger partial charge < -0.3 is 24.6 Å². The fourth-order valence-corrected chi connectivity index (χ4v) is 4.82. The van der Waals surface area contributed by atoms with E-state index in [2.05, 4.69) is 33.8 Å². The van der Waals surface area contributed by atoms with E-state index in [0.29, 0.717) is 52.4 Å². The molecule has 8 nitrogen and oxygen atoms in total. The Bertz CT molecular complexity index is 824. The highest BCUT2D eigenvalue weighted by atomic mass is 16.5. The second-order valence-corrected chi connectivity index (χ2v) is 8.33. The normalized spacial score (nSPS) is 23.5. The van der Waals surface area contributed by atoms with Crippen molar-refractivity contribution in [3.63, 3.8) is 0 Å². The van der Waals surface area contributed by atoms with Crippen molar-refractivity contribution in [3.05, 3.63) is 36.4 Å². The van der Waals surface area contributed by atoms with E-state index in [1.54, 1.807) is 13.2 Å². The molecular formula is C23H32N4O4. The Morgan fingerprint density at radius 1 is 1.26 bits per heavy atom. The Hall–Kier alpha value is -2.58. The molecule has 0 bridgehead atoms. The number of anilines is 1. The molecule has 3 aliphatic heterocycles. The lowest BCUT2D eigenvalue weighted by Crippen LogP contribution is -2.62. The van der Waals surface area contributed by atoms with E-state index in [9.17, 15) is 9.59 Å². The van der Waals surface area contributed by atoms with Gasteiger partial charge in [-0.05, 0) is 18.1 Å². The molecule has 4 rings (SSSR count). The first kappa shape index (κ1) is 21.6. The number of hydrogen-bond donors (Lipinski definition) is 1. The third-order valence-corrected chi connectivity index (χ3v) is 6.49. The maximum atomic E-state index is 13.0. The number of benzene rings is 1. The molecule has 2 atom stereocenters. The second kappa shape index (κ2) is 9.70. The standard InChI is InChI=1S/C23H32N4O4/c1-3-6-24-23(29)19-13-17-4-5-18(30-2)14-20(17)27-8-7-25(15-21(19)27)16-22(28)26-9-11-31-12-10-26/h3-5,14,19,21H,1,6-13,15-16H2,2H3,(H,24,29)/t19-,21+/m1/s1. The van der Waals surface area contributed by atoms with E-state index in [0.717, 1.165) is 30.1 Å². The van der Waals surface area contributed by atoms with Crippen molar-refractivity contribution in [1.29, 1.82) is 0 Å². The average molecular weight is 429 g/mol. The number of carbonyl (C=O) groups excluding carboxylic acids is 2. The van der Waals surface area contributed by atoms with Crippen LogP contribution in [-0.4, -0.2) is 93.8 Å². The summed E-state index contributed by atoms with van der Waals surface area (Å²) in [6.45, 7) is 9.29. The highest BCUT2D eigenvalue weighted by Gasteiger charge is 2.42. The zero-order valence-corrected chi connectivity index (χ0v) is 18.2. The molecule has 1 aromatic rings. The molecular weight excluding hydrogens is 396 g/mol. The fourth-order valence-electron chi connectivity index (χ4n) is 4.82. The number of amides is 2. The molecule has 3 aliphatic rings. The van der Waals surface area contributed by atoms with Gasteiger partial charge in [-0.2, -0.15) is 0 Å². The van der Waals surface area contributed by atoms with E-state index >= 15 is 0 Å². The van der Waals surface area contributed by atoms with Gasteiger partial charge in [0.05, 0.1) is 38.8 Å². The van der Waals surface area contributed by atoms with Crippen LogP contribution in [0, 0.1) is 5.92 Å². The van der Waals surface area contributed by atoms with Gasteiger partial charge in [-0.3, -0.25) is 14.5 Å². The zero-order chi connectivity index (χ0) is 21.8. The van der Waals surface area contributed by atoms with E-state index in [1.165, 1.54) is 0 Å². The number of methoxy groups -OCH3 is 1. The lowest BCUT2D eigenvalue weighted by Gasteiger charge is -2.49. The van der Waals surface area contributed by atoms with Gasteiger partial charge in [0.25, 0.3) is 0 Å². The molecule has 0 unspecified atom stereocenters. The van der Waals surface area contributed by atoms with Crippen LogP contribution in [0.15, 0.2) is 30.9 Å². The Kier molecular flexibility index (Phi) is 6.77. The molecule has 168 valence electrons. The Balaban J connectivity index is 1.52. The molecule has 1 aromatic carbocycles. The van der Waals surface area contributed by atoms with E-state index < -0.39 is 0 Å². The Morgan fingerprint density at radius 2 is 2.06 bits per heavy atom. The van der Waals surface area contributed by atoms with Crippen molar-refractivity contribution < 1.29 is 19.1 Å². The number of carbonyl (C=O) groups is 2. The number of hydrogen-bond acceptors (Lipinski definition) is 6. The average Bonchev–Trinajstić information content (AvgIpc) is 2.82. The van der Waals surface area contributed by atoms with Gasteiger partial charge in [0.1, 0.15) is 5.75 Å². The summed E-state index contributed by atoms with van der Waals surface area (Å²) in [4.78, 5) is 32.2. The minimum atomic E-state index is -0.179. The van der Waals surface area contributed by atoms with Gasteiger partial charge in [-0.25, -0.2) is 0 Å². The number of piperazine rings is 1. The molecule has 1 N–H and O–H groups in total. The van der Waals surface area contributed by atoms with Gasteiger partial charge in [-0.1, -0.05) is 12.1 Å². The topological polar surface area (TPSA) is 74.4 Å². The predicted molar refractivity (Wildman–Crippen MR) is 118 cm³/mol. The quantitative estimate of drug-likeness (QED) is 0.666. The minimum Gasteiger partial charge on any atom is -0.497 e. The maximum Gasteiger partial charge on any atom is 0.236 e. The summed E-state index contributed by atoms with van der Waals surface area (Å²) < 4.78 is 10.8. The molecule has 2 amide bonds. The molecule has 2 fully saturated rings. The molecule has 0 aliphatic carbocycles. The summed E-state index contributed by atoms with van der Waals surface area (Å²) in [6.07, 6.45) is 2.38. The van der Waals surface area contributed by atoms with Gasteiger partial charge in [-0.15, -0.1) is 6.58 Å². The van der Waals surface area contributed by atoms with Crippen LogP contribution in [0.3, 0.4) is 0 Å². The van der Waals surface area contributed by atoms with Crippen LogP contribution in [0.5, 0.6) is 5.75 Å². The Labute approximate surface area is 183 Å². The number of nitrogens with zero attached hydrogens (tertiary/aromatic N) is 3. The summed E-state index contributed by atoms with van der Waals surface area (Å²) in [6, 6.07) is 6.09. The third kappa shape index (κ3) is 4.70. The molecule has 3 heterocycles. The first-order valence-corrected chi connectivity index (χ1v) is 11.0. The van der Waals surface area contributed by atoms with Gasteiger partial charge in [0.15, 0.2) is 0 Å². The highest BCUT2D eigenvalue weighted by molar-refractivity contribution is 5.82. The fraction of sp³-hybridized carbons (Fsp3) is 0.565. The third-order valence-electron chi connectivity index (χ3n) is 6.49. The van der Waals surface area contributed by atoms with E-state index in [-0.39, 0.29) is 23.8 Å². The van der Waals surface area contributed by atoms with Crippen molar-refractivity contribution in [3.8, 4) is 5.75 Å². The van der Waals surface area contributed by atoms with Crippen molar-refractivity contribution in [2.45, 2.75) is 12.5 Å². The maximum absolute atomic E-state index is 13.0. The van der Waals surface area contributed by atoms with Crippen molar-refractivity contribution >= 4 is 17.5 Å². The first-order valence-electron chi connectivity index (χ1n) is 11.0. The van der Waals surface area contributed by atoms with Gasteiger partial charge in [0, 0.05) is 51.0 Å². The van der Waals surface area contributed by atoms with Gasteiger partial charge in [0.2, 0.25) is 11.8 Å². The summed E-state index contributed by atoms with van der Waals surface area (Å²) >= 11 is 0. The lowest BCUT2D eigenvalue weighted by atomic mass is 9.83. The second-order valence-electron chi connectivity index (χ2n) is 8.33. The van der Waals surface area contributed by atoms with Crippen LogP contribution in [-0.2, 0) is 20.7 Å². The Morgan fingerprint density at radius 3 is 2.81 bits per heavy atom. The summed E-state index contributed by atoms with van der Waals surface area (Å²) in [5, 5.41) is 2.98. The van der Waals surface area contributed by atoms with Crippen LogP contribution in [0.1, 0.15) is 5.56 Å². The molecule has 8 heteroatoms. The molecule has 0 saturated carbocycles. The number of rotatable bonds is 6.